The van der Waals surface area contributed by atoms with Crippen molar-refractivity contribution >= 4 is 11.3 Å². The smallest absolute Gasteiger partial charge is 0.293 e. The van der Waals surface area contributed by atoms with E-state index in [4.69, 9.17) is 6.57 Å². The maximum absolute atomic E-state index is 13.0. The van der Waals surface area contributed by atoms with E-state index in [1.165, 1.54) is 16.6 Å². The number of hydrogen-bond donors (Lipinski definition) is 1. The van der Waals surface area contributed by atoms with Crippen LogP contribution in [0.2, 0.25) is 0 Å². The van der Waals surface area contributed by atoms with Crippen LogP contribution in [0.15, 0.2) is 53.3 Å². The summed E-state index contributed by atoms with van der Waals surface area (Å²) in [5, 5.41) is 3.09. The van der Waals surface area contributed by atoms with Gasteiger partial charge >= 0.3 is 6.18 Å². The van der Waals surface area contributed by atoms with Crippen molar-refractivity contribution in [2.45, 2.75) is 26.4 Å². The molecule has 0 aliphatic rings. The van der Waals surface area contributed by atoms with E-state index < -0.39 is 11.7 Å². The van der Waals surface area contributed by atoms with Crippen molar-refractivity contribution in [3.05, 3.63) is 87.1 Å². The summed E-state index contributed by atoms with van der Waals surface area (Å²) >= 11 is 0. The van der Waals surface area contributed by atoms with E-state index in [1.54, 1.807) is 31.2 Å². The lowest BCUT2D eigenvalue weighted by molar-refractivity contribution is -0.137. The second-order valence-corrected chi connectivity index (χ2v) is 7.10. The lowest BCUT2D eigenvalue weighted by Crippen LogP contribution is -2.19. The molecule has 31 heavy (non-hydrogen) atoms. The van der Waals surface area contributed by atoms with Crippen LogP contribution in [-0.4, -0.2) is 14.6 Å². The highest BCUT2D eigenvalue weighted by Gasteiger charge is 2.30. The number of benzene rings is 2. The van der Waals surface area contributed by atoms with Crippen LogP contribution in [0.3, 0.4) is 0 Å². The minimum Gasteiger partial charge on any atom is -0.293 e. The second kappa shape index (κ2) is 7.43. The predicted octanol–water partition coefficient (Wildman–Crippen LogP) is 5.80. The standard InChI is InChI=1S/C23H17F3N4O/c1-4-18-19(14-7-11-17(27-3)12-8-14)21-28-20(13(2)22(31)30(21)29-18)15-5-9-16(10-6-15)23(24,25)26/h5-12,29H,4H2,1-2H3. The highest BCUT2D eigenvalue weighted by molar-refractivity contribution is 5.82. The first-order chi connectivity index (χ1) is 14.7. The molecule has 0 spiro atoms. The van der Waals surface area contributed by atoms with Gasteiger partial charge in [0.05, 0.1) is 17.8 Å². The Morgan fingerprint density at radius 1 is 1.06 bits per heavy atom. The number of aromatic nitrogens is 3. The monoisotopic (exact) mass is 422 g/mol. The maximum atomic E-state index is 13.0. The van der Waals surface area contributed by atoms with Gasteiger partial charge in [0.15, 0.2) is 11.3 Å². The van der Waals surface area contributed by atoms with Gasteiger partial charge in [-0.3, -0.25) is 9.89 Å². The number of aryl methyl sites for hydroxylation is 1. The van der Waals surface area contributed by atoms with Crippen molar-refractivity contribution in [2.75, 3.05) is 0 Å². The molecule has 4 rings (SSSR count). The number of aromatic amines is 1. The molecule has 156 valence electrons. The van der Waals surface area contributed by atoms with E-state index in [0.717, 1.165) is 29.0 Å². The van der Waals surface area contributed by atoms with Crippen molar-refractivity contribution in [1.29, 1.82) is 0 Å². The molecule has 0 aliphatic carbocycles. The first kappa shape index (κ1) is 20.4. The average molecular weight is 422 g/mol. The topological polar surface area (TPSA) is 54.5 Å². The summed E-state index contributed by atoms with van der Waals surface area (Å²) in [4.78, 5) is 21.1. The number of alkyl halides is 3. The molecule has 5 nitrogen and oxygen atoms in total. The number of H-pyrrole nitrogens is 1. The molecule has 0 saturated heterocycles. The van der Waals surface area contributed by atoms with Crippen LogP contribution in [0, 0.1) is 13.5 Å². The van der Waals surface area contributed by atoms with E-state index in [9.17, 15) is 18.0 Å². The summed E-state index contributed by atoms with van der Waals surface area (Å²) in [5.74, 6) is 0. The number of hydrogen-bond acceptors (Lipinski definition) is 2. The third-order valence-electron chi connectivity index (χ3n) is 5.21. The first-order valence-electron chi connectivity index (χ1n) is 9.54. The molecule has 0 atom stereocenters. The number of rotatable bonds is 3. The molecule has 0 radical (unpaired) electrons. The molecule has 0 aliphatic heterocycles. The Morgan fingerprint density at radius 3 is 2.23 bits per heavy atom. The molecule has 0 amide bonds. The molecule has 8 heteroatoms. The van der Waals surface area contributed by atoms with E-state index >= 15 is 0 Å². The molecule has 2 heterocycles. The zero-order chi connectivity index (χ0) is 22.3. The molecule has 2 aromatic heterocycles. The molecule has 1 N–H and O–H groups in total. The summed E-state index contributed by atoms with van der Waals surface area (Å²) in [7, 11) is 0. The Balaban J connectivity index is 1.96. The summed E-state index contributed by atoms with van der Waals surface area (Å²) in [6, 6.07) is 11.6. The Morgan fingerprint density at radius 2 is 1.68 bits per heavy atom. The predicted molar refractivity (Wildman–Crippen MR) is 112 cm³/mol. The van der Waals surface area contributed by atoms with Crippen LogP contribution in [0.1, 0.15) is 23.7 Å². The molecule has 0 saturated carbocycles. The van der Waals surface area contributed by atoms with Gasteiger partial charge in [-0.05, 0) is 31.0 Å². The van der Waals surface area contributed by atoms with Crippen molar-refractivity contribution in [2.24, 2.45) is 0 Å². The minimum absolute atomic E-state index is 0.321. The van der Waals surface area contributed by atoms with Gasteiger partial charge in [0.25, 0.3) is 5.56 Å². The van der Waals surface area contributed by atoms with Crippen LogP contribution in [0.25, 0.3) is 32.9 Å². The lowest BCUT2D eigenvalue weighted by atomic mass is 10.0. The molecular weight excluding hydrogens is 405 g/mol. The number of fused-ring (bicyclic) bond motifs is 1. The average Bonchev–Trinajstić information content (AvgIpc) is 3.14. The minimum atomic E-state index is -4.44. The van der Waals surface area contributed by atoms with Crippen molar-refractivity contribution in [3.63, 3.8) is 0 Å². The molecule has 0 fully saturated rings. The van der Waals surface area contributed by atoms with Gasteiger partial charge in [0.2, 0.25) is 0 Å². The first-order valence-corrected chi connectivity index (χ1v) is 9.54. The third kappa shape index (κ3) is 3.48. The number of nitrogens with zero attached hydrogens (tertiary/aromatic N) is 3. The summed E-state index contributed by atoms with van der Waals surface area (Å²) in [6.45, 7) is 10.7. The summed E-state index contributed by atoms with van der Waals surface area (Å²) < 4.78 is 40.1. The Hall–Kier alpha value is -3.86. The van der Waals surface area contributed by atoms with Crippen LogP contribution in [-0.2, 0) is 12.6 Å². The van der Waals surface area contributed by atoms with Crippen LogP contribution in [0.4, 0.5) is 18.9 Å². The zero-order valence-corrected chi connectivity index (χ0v) is 16.7. The van der Waals surface area contributed by atoms with Gasteiger partial charge in [-0.25, -0.2) is 14.3 Å². The summed E-state index contributed by atoms with van der Waals surface area (Å²) in [6.07, 6.45) is -3.83. The lowest BCUT2D eigenvalue weighted by Gasteiger charge is -2.10. The third-order valence-corrected chi connectivity index (χ3v) is 5.21. The Labute approximate surface area is 175 Å². The fourth-order valence-electron chi connectivity index (χ4n) is 3.56. The van der Waals surface area contributed by atoms with Gasteiger partial charge in [-0.2, -0.15) is 13.2 Å². The maximum Gasteiger partial charge on any atom is 0.416 e. The van der Waals surface area contributed by atoms with Crippen LogP contribution >= 0.6 is 0 Å². The van der Waals surface area contributed by atoms with Gasteiger partial charge in [0, 0.05) is 22.4 Å². The molecular formula is C23H17F3N4O. The van der Waals surface area contributed by atoms with Crippen molar-refractivity contribution in [3.8, 4) is 22.4 Å². The van der Waals surface area contributed by atoms with Gasteiger partial charge in [0.1, 0.15) is 0 Å². The van der Waals surface area contributed by atoms with E-state index in [0.29, 0.717) is 34.6 Å². The fourth-order valence-corrected chi connectivity index (χ4v) is 3.56. The largest absolute Gasteiger partial charge is 0.416 e. The van der Waals surface area contributed by atoms with Crippen LogP contribution in [0.5, 0.6) is 0 Å². The van der Waals surface area contributed by atoms with E-state index in [1.807, 2.05) is 6.92 Å². The fraction of sp³-hybridized carbons (Fsp3) is 0.174. The number of nitrogens with one attached hydrogen (secondary N) is 1. The normalized spacial score (nSPS) is 11.6. The van der Waals surface area contributed by atoms with Crippen molar-refractivity contribution < 1.29 is 13.2 Å². The van der Waals surface area contributed by atoms with E-state index in [-0.39, 0.29) is 5.56 Å². The quantitative estimate of drug-likeness (QED) is 0.425. The molecule has 0 unspecified atom stereocenters. The highest BCUT2D eigenvalue weighted by atomic mass is 19.4. The Bertz CT molecular complexity index is 1370. The van der Waals surface area contributed by atoms with Crippen molar-refractivity contribution in [1.82, 2.24) is 14.6 Å². The van der Waals surface area contributed by atoms with Gasteiger partial charge in [-0.15, -0.1) is 0 Å². The van der Waals surface area contributed by atoms with Gasteiger partial charge in [-0.1, -0.05) is 43.3 Å². The molecule has 2 aromatic carbocycles. The number of halogens is 3. The summed E-state index contributed by atoms with van der Waals surface area (Å²) in [5.41, 5.74) is 3.20. The Kier molecular flexibility index (Phi) is 4.90. The zero-order valence-electron chi connectivity index (χ0n) is 16.7. The second-order valence-electron chi connectivity index (χ2n) is 7.10. The molecule has 4 aromatic rings. The SMILES string of the molecule is [C-]#[N+]c1ccc(-c2c(CC)[nH]n3c(=O)c(C)c(-c4ccc(C(F)(F)F)cc4)nc23)cc1. The van der Waals surface area contributed by atoms with Crippen LogP contribution < -0.4 is 5.56 Å². The molecule has 0 bridgehead atoms. The van der Waals surface area contributed by atoms with E-state index in [2.05, 4.69) is 14.9 Å². The van der Waals surface area contributed by atoms with Gasteiger partial charge < -0.3 is 0 Å². The highest BCUT2D eigenvalue weighted by Crippen LogP contribution is 2.33.